The molecule has 3 atom stereocenters. The number of benzene rings is 3. The Bertz CT molecular complexity index is 1650. The molecule has 45 heavy (non-hydrogen) atoms. The van der Waals surface area contributed by atoms with Gasteiger partial charge in [-0.05, 0) is 42.2 Å². The normalized spacial score (nSPS) is 22.2. The molecular formula is C36H38N4O5. The molecule has 9 nitrogen and oxygen atoms in total. The molecule has 3 aromatic rings. The molecule has 0 aromatic heterocycles. The number of hydrogen-bond acceptors (Lipinski definition) is 6. The first-order valence-corrected chi connectivity index (χ1v) is 15.6. The maximum atomic E-state index is 14.0. The fourth-order valence-electron chi connectivity index (χ4n) is 6.60. The number of hydrazone groups is 1. The van der Waals surface area contributed by atoms with Crippen LogP contribution < -0.4 is 9.91 Å². The molecule has 0 saturated carbocycles. The lowest BCUT2D eigenvalue weighted by Crippen LogP contribution is -2.44. The molecule has 0 radical (unpaired) electrons. The van der Waals surface area contributed by atoms with E-state index in [9.17, 15) is 24.6 Å². The molecule has 3 aliphatic rings. The van der Waals surface area contributed by atoms with Crippen LogP contribution in [0.5, 0.6) is 0 Å². The molecule has 1 fully saturated rings. The van der Waals surface area contributed by atoms with E-state index in [-0.39, 0.29) is 37.4 Å². The van der Waals surface area contributed by atoms with E-state index in [1.165, 1.54) is 5.01 Å². The van der Waals surface area contributed by atoms with Crippen molar-refractivity contribution < 1.29 is 24.6 Å². The van der Waals surface area contributed by atoms with Crippen molar-refractivity contribution in [1.29, 1.82) is 0 Å². The average Bonchev–Trinajstić information content (AvgIpc) is 3.64. The number of para-hydroxylation sites is 1. The van der Waals surface area contributed by atoms with Crippen molar-refractivity contribution >= 4 is 34.8 Å². The quantitative estimate of drug-likeness (QED) is 0.348. The number of hydrogen-bond donors (Lipinski definition) is 2. The largest absolute Gasteiger partial charge is 0.394 e. The van der Waals surface area contributed by atoms with Crippen molar-refractivity contribution in [3.05, 3.63) is 108 Å². The number of carbonyl (C=O) groups is 3. The zero-order valence-electron chi connectivity index (χ0n) is 25.4. The second-order valence-corrected chi connectivity index (χ2v) is 11.9. The first-order valence-electron chi connectivity index (χ1n) is 15.6. The number of anilines is 2. The Morgan fingerprint density at radius 3 is 2.62 bits per heavy atom. The van der Waals surface area contributed by atoms with Crippen molar-refractivity contribution in [3.63, 3.8) is 0 Å². The van der Waals surface area contributed by atoms with Gasteiger partial charge in [-0.25, -0.2) is 5.01 Å². The number of carbonyl (C=O) groups excluding carboxylic acids is 3. The standard InChI is InChI=1S/C36H38N4O5/c1-25(10-7-18-33(42)38-21-9-15-29(38)24-41)36(45)30-16-5-6-17-32(30)39(35(36)44)23-26-11-8-14-28(22-26)40-34(43)20-19-31(37-40)27-12-3-2-4-13-27/h2-8,10-14,16-17,22,25,29,41,45H,9,15,18-21,23-24H2,1H3/b10-7+/t25-,29+,36+/m1/s1. The molecule has 0 spiro atoms. The fourth-order valence-corrected chi connectivity index (χ4v) is 6.60. The molecule has 3 heterocycles. The first kappa shape index (κ1) is 30.4. The first-order chi connectivity index (χ1) is 21.8. The molecule has 2 N–H and O–H groups in total. The molecule has 0 aliphatic carbocycles. The zero-order valence-corrected chi connectivity index (χ0v) is 25.4. The summed E-state index contributed by atoms with van der Waals surface area (Å²) >= 11 is 0. The molecular weight excluding hydrogens is 568 g/mol. The van der Waals surface area contributed by atoms with E-state index in [1.807, 2.05) is 66.7 Å². The van der Waals surface area contributed by atoms with E-state index in [1.54, 1.807) is 41.0 Å². The van der Waals surface area contributed by atoms with Gasteiger partial charge in [-0.1, -0.05) is 79.7 Å². The highest BCUT2D eigenvalue weighted by atomic mass is 16.3. The number of amides is 3. The van der Waals surface area contributed by atoms with E-state index in [4.69, 9.17) is 0 Å². The summed E-state index contributed by atoms with van der Waals surface area (Å²) in [5.41, 5.74) is 2.53. The zero-order chi connectivity index (χ0) is 31.6. The van der Waals surface area contributed by atoms with Gasteiger partial charge in [-0.3, -0.25) is 14.4 Å². The molecule has 232 valence electrons. The Morgan fingerprint density at radius 1 is 1.04 bits per heavy atom. The highest BCUT2D eigenvalue weighted by molar-refractivity contribution is 6.09. The molecule has 3 amide bonds. The van der Waals surface area contributed by atoms with Crippen molar-refractivity contribution in [3.8, 4) is 0 Å². The Kier molecular flexibility index (Phi) is 8.65. The Morgan fingerprint density at radius 2 is 1.82 bits per heavy atom. The monoisotopic (exact) mass is 606 g/mol. The number of rotatable bonds is 9. The predicted molar refractivity (Wildman–Crippen MR) is 172 cm³/mol. The smallest absolute Gasteiger partial charge is 0.264 e. The van der Waals surface area contributed by atoms with Crippen LogP contribution in [0.1, 0.15) is 55.7 Å². The molecule has 0 bridgehead atoms. The van der Waals surface area contributed by atoms with Gasteiger partial charge in [-0.15, -0.1) is 0 Å². The number of likely N-dealkylation sites (tertiary alicyclic amines) is 1. The third-order valence-corrected chi connectivity index (χ3v) is 9.10. The molecule has 3 aliphatic heterocycles. The van der Waals surface area contributed by atoms with Crippen LogP contribution in [0, 0.1) is 5.92 Å². The fraction of sp³-hybridized carbons (Fsp3) is 0.333. The van der Waals surface area contributed by atoms with Gasteiger partial charge in [0.05, 0.1) is 36.3 Å². The van der Waals surface area contributed by atoms with E-state index in [2.05, 4.69) is 5.10 Å². The van der Waals surface area contributed by atoms with Gasteiger partial charge in [0.1, 0.15) is 0 Å². The van der Waals surface area contributed by atoms with Crippen LogP contribution in [-0.4, -0.2) is 57.7 Å². The van der Waals surface area contributed by atoms with Crippen LogP contribution in [0.25, 0.3) is 0 Å². The van der Waals surface area contributed by atoms with Gasteiger partial charge < -0.3 is 20.0 Å². The molecule has 3 aromatic carbocycles. The van der Waals surface area contributed by atoms with Crippen molar-refractivity contribution in [1.82, 2.24) is 4.90 Å². The Labute approximate surface area is 263 Å². The summed E-state index contributed by atoms with van der Waals surface area (Å²) in [6.45, 7) is 2.55. The van der Waals surface area contributed by atoms with Crippen LogP contribution in [0.3, 0.4) is 0 Å². The topological polar surface area (TPSA) is 114 Å². The van der Waals surface area contributed by atoms with E-state index >= 15 is 0 Å². The van der Waals surface area contributed by atoms with Gasteiger partial charge in [0.25, 0.3) is 5.91 Å². The second kappa shape index (κ2) is 12.8. The summed E-state index contributed by atoms with van der Waals surface area (Å²) in [7, 11) is 0. The van der Waals surface area contributed by atoms with Crippen LogP contribution in [0.15, 0.2) is 96.1 Å². The highest BCUT2D eigenvalue weighted by Crippen LogP contribution is 2.45. The molecule has 1 saturated heterocycles. The Balaban J connectivity index is 1.21. The van der Waals surface area contributed by atoms with Crippen molar-refractivity contribution in [2.45, 2.75) is 57.2 Å². The van der Waals surface area contributed by atoms with Crippen molar-refractivity contribution in [2.24, 2.45) is 11.0 Å². The number of aliphatic hydroxyl groups excluding tert-OH is 1. The minimum Gasteiger partial charge on any atom is -0.394 e. The molecule has 0 unspecified atom stereocenters. The SMILES string of the molecule is C[C@H](/C=C/CC(=O)N1CCC[C@H]1CO)[C@@]1(O)C(=O)N(Cc2cccc(N3N=C(c4ccccc4)CCC3=O)c2)c2ccccc21. The average molecular weight is 607 g/mol. The summed E-state index contributed by atoms with van der Waals surface area (Å²) in [5.74, 6) is -1.23. The summed E-state index contributed by atoms with van der Waals surface area (Å²) in [6.07, 6.45) is 6.15. The lowest BCUT2D eigenvalue weighted by Gasteiger charge is -2.28. The van der Waals surface area contributed by atoms with E-state index in [0.29, 0.717) is 36.3 Å². The Hall–Kier alpha value is -4.60. The van der Waals surface area contributed by atoms with Gasteiger partial charge in [0, 0.05) is 37.3 Å². The van der Waals surface area contributed by atoms with Crippen LogP contribution >= 0.6 is 0 Å². The molecule has 9 heteroatoms. The van der Waals surface area contributed by atoms with E-state index < -0.39 is 17.4 Å². The van der Waals surface area contributed by atoms with Gasteiger partial charge in [-0.2, -0.15) is 5.10 Å². The van der Waals surface area contributed by atoms with Crippen LogP contribution in [0.2, 0.25) is 0 Å². The van der Waals surface area contributed by atoms with E-state index in [0.717, 1.165) is 29.7 Å². The molecule has 6 rings (SSSR count). The summed E-state index contributed by atoms with van der Waals surface area (Å²) < 4.78 is 0. The van der Waals surface area contributed by atoms with Gasteiger partial charge in [0.15, 0.2) is 5.60 Å². The predicted octanol–water partition coefficient (Wildman–Crippen LogP) is 4.52. The second-order valence-electron chi connectivity index (χ2n) is 11.9. The lowest BCUT2D eigenvalue weighted by atomic mass is 9.83. The number of fused-ring (bicyclic) bond motifs is 1. The number of nitrogens with zero attached hydrogens (tertiary/aromatic N) is 4. The third-order valence-electron chi connectivity index (χ3n) is 9.10. The maximum Gasteiger partial charge on any atom is 0.264 e. The minimum atomic E-state index is -1.81. The summed E-state index contributed by atoms with van der Waals surface area (Å²) in [5, 5.41) is 27.7. The van der Waals surface area contributed by atoms with Crippen molar-refractivity contribution in [2.75, 3.05) is 23.1 Å². The van der Waals surface area contributed by atoms with Gasteiger partial charge >= 0.3 is 0 Å². The number of aliphatic hydroxyl groups is 2. The van der Waals surface area contributed by atoms with Crippen LogP contribution in [-0.2, 0) is 26.5 Å². The lowest BCUT2D eigenvalue weighted by molar-refractivity contribution is -0.139. The minimum absolute atomic E-state index is 0.0497. The highest BCUT2D eigenvalue weighted by Gasteiger charge is 2.52. The summed E-state index contributed by atoms with van der Waals surface area (Å²) in [6, 6.07) is 24.3. The maximum absolute atomic E-state index is 14.0. The third kappa shape index (κ3) is 5.81. The summed E-state index contributed by atoms with van der Waals surface area (Å²) in [4.78, 5) is 43.0. The van der Waals surface area contributed by atoms with Crippen LogP contribution in [0.4, 0.5) is 11.4 Å². The van der Waals surface area contributed by atoms with Gasteiger partial charge in [0.2, 0.25) is 11.8 Å².